The fourth-order valence-corrected chi connectivity index (χ4v) is 3.07. The van der Waals surface area contributed by atoms with Crippen LogP contribution in [0.15, 0.2) is 47.5 Å². The standard InChI is InChI=1S/C13H9ClN2O2S/c14-11-3-5-12(6-4-11)19(17,18)9-10-2-1-7-16-13(10)8-15/h1-7H,9H2. The van der Waals surface area contributed by atoms with E-state index in [2.05, 4.69) is 4.98 Å². The monoisotopic (exact) mass is 292 g/mol. The van der Waals surface area contributed by atoms with Crippen LogP contribution in [0.5, 0.6) is 0 Å². The first kappa shape index (κ1) is 13.5. The molecule has 0 fully saturated rings. The molecule has 0 bridgehead atoms. The maximum atomic E-state index is 12.2. The Morgan fingerprint density at radius 3 is 2.53 bits per heavy atom. The van der Waals surface area contributed by atoms with Crippen LogP contribution in [0.25, 0.3) is 0 Å². The SMILES string of the molecule is N#Cc1ncccc1CS(=O)(=O)c1ccc(Cl)cc1. The van der Waals surface area contributed by atoms with Gasteiger partial charge < -0.3 is 0 Å². The van der Waals surface area contributed by atoms with Crippen LogP contribution in [-0.4, -0.2) is 13.4 Å². The molecule has 0 spiro atoms. The smallest absolute Gasteiger partial charge is 0.182 e. The molecule has 0 unspecified atom stereocenters. The van der Waals surface area contributed by atoms with E-state index in [1.54, 1.807) is 12.1 Å². The van der Waals surface area contributed by atoms with E-state index in [9.17, 15) is 8.42 Å². The maximum absolute atomic E-state index is 12.2. The second kappa shape index (κ2) is 5.39. The van der Waals surface area contributed by atoms with Gasteiger partial charge in [0.2, 0.25) is 0 Å². The molecular formula is C13H9ClN2O2S. The molecule has 0 amide bonds. The number of nitriles is 1. The Morgan fingerprint density at radius 2 is 1.89 bits per heavy atom. The third-order valence-electron chi connectivity index (χ3n) is 2.52. The normalized spacial score (nSPS) is 10.9. The van der Waals surface area contributed by atoms with Gasteiger partial charge in [-0.25, -0.2) is 13.4 Å². The van der Waals surface area contributed by atoms with Crippen molar-refractivity contribution in [1.29, 1.82) is 5.26 Å². The van der Waals surface area contributed by atoms with Gasteiger partial charge in [-0.3, -0.25) is 0 Å². The molecule has 0 atom stereocenters. The van der Waals surface area contributed by atoms with Crippen molar-refractivity contribution >= 4 is 21.4 Å². The predicted octanol–water partition coefficient (Wildman–Crippen LogP) is 2.58. The summed E-state index contributed by atoms with van der Waals surface area (Å²) < 4.78 is 24.4. The molecule has 0 aliphatic carbocycles. The molecule has 2 aromatic rings. The summed E-state index contributed by atoms with van der Waals surface area (Å²) in [5.74, 6) is -0.259. The number of sulfone groups is 1. The summed E-state index contributed by atoms with van der Waals surface area (Å²) in [5, 5.41) is 9.37. The fourth-order valence-electron chi connectivity index (χ4n) is 1.59. The Morgan fingerprint density at radius 1 is 1.21 bits per heavy atom. The average molecular weight is 293 g/mol. The van der Waals surface area contributed by atoms with E-state index in [1.165, 1.54) is 30.5 Å². The Bertz CT molecular complexity index is 734. The van der Waals surface area contributed by atoms with E-state index >= 15 is 0 Å². The minimum Gasteiger partial charge on any atom is -0.245 e. The number of hydrogen-bond acceptors (Lipinski definition) is 4. The molecule has 0 radical (unpaired) electrons. The molecular weight excluding hydrogens is 284 g/mol. The number of aromatic nitrogens is 1. The minimum absolute atomic E-state index is 0.125. The van der Waals surface area contributed by atoms with Crippen LogP contribution < -0.4 is 0 Å². The summed E-state index contributed by atoms with van der Waals surface area (Å²) in [6.45, 7) is 0. The first-order valence-corrected chi connectivity index (χ1v) is 7.38. The van der Waals surface area contributed by atoms with Crippen LogP contribution in [0, 0.1) is 11.3 Å². The zero-order valence-corrected chi connectivity index (χ0v) is 11.3. The van der Waals surface area contributed by atoms with Crippen molar-refractivity contribution in [3.63, 3.8) is 0 Å². The summed E-state index contributed by atoms with van der Waals surface area (Å²) in [6.07, 6.45) is 1.46. The maximum Gasteiger partial charge on any atom is 0.182 e. The molecule has 1 heterocycles. The summed E-state index contributed by atoms with van der Waals surface area (Å²) in [5.41, 5.74) is 0.514. The topological polar surface area (TPSA) is 70.8 Å². The van der Waals surface area contributed by atoms with Crippen LogP contribution in [0.3, 0.4) is 0 Å². The average Bonchev–Trinajstić information content (AvgIpc) is 2.39. The highest BCUT2D eigenvalue weighted by atomic mass is 35.5. The first-order valence-electron chi connectivity index (χ1n) is 5.35. The third-order valence-corrected chi connectivity index (χ3v) is 4.45. The number of halogens is 1. The largest absolute Gasteiger partial charge is 0.245 e. The summed E-state index contributed by atoms with van der Waals surface area (Å²) >= 11 is 5.72. The van der Waals surface area contributed by atoms with Crippen molar-refractivity contribution in [3.8, 4) is 6.07 Å². The summed E-state index contributed by atoms with van der Waals surface area (Å²) in [6, 6.07) is 11.0. The van der Waals surface area contributed by atoms with E-state index in [1.807, 2.05) is 6.07 Å². The van der Waals surface area contributed by atoms with E-state index in [0.29, 0.717) is 10.6 Å². The van der Waals surface area contributed by atoms with Crippen LogP contribution >= 0.6 is 11.6 Å². The lowest BCUT2D eigenvalue weighted by Crippen LogP contribution is -2.07. The van der Waals surface area contributed by atoms with Crippen molar-refractivity contribution in [1.82, 2.24) is 4.98 Å². The number of pyridine rings is 1. The van der Waals surface area contributed by atoms with Crippen molar-refractivity contribution < 1.29 is 8.42 Å². The Hall–Kier alpha value is -1.90. The summed E-state index contributed by atoms with van der Waals surface area (Å²) in [7, 11) is -3.51. The fraction of sp³-hybridized carbons (Fsp3) is 0.0769. The first-order chi connectivity index (χ1) is 9.03. The number of hydrogen-bond donors (Lipinski definition) is 0. The van der Waals surface area contributed by atoms with Crippen molar-refractivity contribution in [2.45, 2.75) is 10.6 Å². The third kappa shape index (κ3) is 3.11. The van der Waals surface area contributed by atoms with Crippen LogP contribution in [-0.2, 0) is 15.6 Å². The lowest BCUT2D eigenvalue weighted by atomic mass is 10.2. The molecule has 96 valence electrons. The lowest BCUT2D eigenvalue weighted by Gasteiger charge is -2.05. The lowest BCUT2D eigenvalue weighted by molar-refractivity contribution is 0.595. The molecule has 4 nitrogen and oxygen atoms in total. The quantitative estimate of drug-likeness (QED) is 0.872. The highest BCUT2D eigenvalue weighted by Crippen LogP contribution is 2.19. The van der Waals surface area contributed by atoms with E-state index in [0.717, 1.165) is 0 Å². The zero-order chi connectivity index (χ0) is 13.9. The predicted molar refractivity (Wildman–Crippen MR) is 71.3 cm³/mol. The van der Waals surface area contributed by atoms with Gasteiger partial charge in [-0.2, -0.15) is 5.26 Å². The molecule has 0 N–H and O–H groups in total. The molecule has 0 aliphatic heterocycles. The van der Waals surface area contributed by atoms with E-state index < -0.39 is 9.84 Å². The Balaban J connectivity index is 2.37. The molecule has 1 aromatic carbocycles. The molecule has 0 saturated heterocycles. The summed E-state index contributed by atoms with van der Waals surface area (Å²) in [4.78, 5) is 4.01. The second-order valence-electron chi connectivity index (χ2n) is 3.84. The van der Waals surface area contributed by atoms with Crippen molar-refractivity contribution in [3.05, 3.63) is 58.9 Å². The Labute approximate surface area is 116 Å². The van der Waals surface area contributed by atoms with Crippen molar-refractivity contribution in [2.24, 2.45) is 0 Å². The minimum atomic E-state index is -3.51. The molecule has 0 aliphatic rings. The van der Waals surface area contributed by atoms with Gasteiger partial charge in [0.1, 0.15) is 11.8 Å². The highest BCUT2D eigenvalue weighted by Gasteiger charge is 2.17. The second-order valence-corrected chi connectivity index (χ2v) is 6.26. The molecule has 6 heteroatoms. The Kier molecular flexibility index (Phi) is 3.84. The molecule has 0 saturated carbocycles. The van der Waals surface area contributed by atoms with E-state index in [4.69, 9.17) is 16.9 Å². The molecule has 1 aromatic heterocycles. The van der Waals surface area contributed by atoms with Gasteiger partial charge in [-0.1, -0.05) is 17.7 Å². The zero-order valence-electron chi connectivity index (χ0n) is 9.75. The van der Waals surface area contributed by atoms with Gasteiger partial charge in [-0.05, 0) is 30.3 Å². The van der Waals surface area contributed by atoms with Gasteiger partial charge in [0.05, 0.1) is 10.6 Å². The van der Waals surface area contributed by atoms with Gasteiger partial charge in [0.15, 0.2) is 9.84 Å². The number of nitrogens with zero attached hydrogens (tertiary/aromatic N) is 2. The molecule has 19 heavy (non-hydrogen) atoms. The van der Waals surface area contributed by atoms with Crippen LogP contribution in [0.4, 0.5) is 0 Å². The van der Waals surface area contributed by atoms with Crippen LogP contribution in [0.2, 0.25) is 5.02 Å². The van der Waals surface area contributed by atoms with E-state index in [-0.39, 0.29) is 16.3 Å². The van der Waals surface area contributed by atoms with Crippen molar-refractivity contribution in [2.75, 3.05) is 0 Å². The van der Waals surface area contributed by atoms with Gasteiger partial charge in [0, 0.05) is 16.8 Å². The molecule has 2 rings (SSSR count). The highest BCUT2D eigenvalue weighted by molar-refractivity contribution is 7.90. The van der Waals surface area contributed by atoms with Gasteiger partial charge >= 0.3 is 0 Å². The van der Waals surface area contributed by atoms with Gasteiger partial charge in [0.25, 0.3) is 0 Å². The van der Waals surface area contributed by atoms with Crippen LogP contribution in [0.1, 0.15) is 11.3 Å². The van der Waals surface area contributed by atoms with Gasteiger partial charge in [-0.15, -0.1) is 0 Å². The number of rotatable bonds is 3. The number of benzene rings is 1.